The molecule has 8 heteroatoms. The molecule has 1 aromatic carbocycles. The number of nitrogens with one attached hydrogen (secondary N) is 2. The highest BCUT2D eigenvalue weighted by Crippen LogP contribution is 2.47. The third-order valence-electron chi connectivity index (χ3n) is 6.29. The fourth-order valence-corrected chi connectivity index (χ4v) is 5.01. The van der Waals surface area contributed by atoms with E-state index in [4.69, 9.17) is 4.74 Å². The van der Waals surface area contributed by atoms with Crippen LogP contribution >= 0.6 is 11.3 Å². The van der Waals surface area contributed by atoms with Gasteiger partial charge < -0.3 is 15.2 Å². The van der Waals surface area contributed by atoms with Crippen molar-refractivity contribution in [3.05, 3.63) is 30.6 Å². The first-order valence-corrected chi connectivity index (χ1v) is 10.3. The van der Waals surface area contributed by atoms with Crippen LogP contribution in [0.2, 0.25) is 0 Å². The van der Waals surface area contributed by atoms with Gasteiger partial charge in [0.25, 0.3) is 5.19 Å². The number of aromatic nitrogens is 4. The molecule has 1 aliphatic carbocycles. The maximum Gasteiger partial charge on any atom is 0.294 e. The first-order chi connectivity index (χ1) is 13.4. The van der Waals surface area contributed by atoms with E-state index in [2.05, 4.69) is 39.6 Å². The van der Waals surface area contributed by atoms with Crippen LogP contribution < -0.4 is 10.1 Å². The molecule has 0 amide bonds. The number of hydrogen-bond donors (Lipinski definition) is 3. The third-order valence-corrected chi connectivity index (χ3v) is 7.14. The van der Waals surface area contributed by atoms with E-state index < -0.39 is 0 Å². The predicted octanol–water partition coefficient (Wildman–Crippen LogP) is 3.60. The van der Waals surface area contributed by atoms with Crippen LogP contribution in [-0.4, -0.2) is 43.7 Å². The summed E-state index contributed by atoms with van der Waals surface area (Å²) in [5.74, 6) is 0.168. The van der Waals surface area contributed by atoms with Gasteiger partial charge in [0.1, 0.15) is 11.9 Å². The van der Waals surface area contributed by atoms with Gasteiger partial charge in [0, 0.05) is 35.7 Å². The van der Waals surface area contributed by atoms with E-state index >= 15 is 0 Å². The number of rotatable bonds is 4. The van der Waals surface area contributed by atoms with Gasteiger partial charge in [-0.05, 0) is 37.5 Å². The molecule has 3 atom stereocenters. The van der Waals surface area contributed by atoms with Gasteiger partial charge in [-0.25, -0.2) is 0 Å². The molecular formula is C20H23N5O2S. The van der Waals surface area contributed by atoms with E-state index in [1.807, 2.05) is 12.1 Å². The topological polar surface area (TPSA) is 96.0 Å². The Kier molecular flexibility index (Phi) is 3.96. The SMILES string of the molecule is C[C@]12CC[C@](C)(CN1)[C@@H](Oc1nnc(-c3ccc(-c4cn[nH]c4)cc3O)s1)C2. The second kappa shape index (κ2) is 6.28. The van der Waals surface area contributed by atoms with Crippen molar-refractivity contribution in [2.24, 2.45) is 5.41 Å². The molecule has 0 radical (unpaired) electrons. The molecule has 2 aromatic heterocycles. The van der Waals surface area contributed by atoms with Crippen molar-refractivity contribution < 1.29 is 9.84 Å². The standard InChI is InChI=1S/C20H23N5O2S/c1-19-5-6-20(2,21-11-19)8-16(19)27-18-25-24-17(28-18)14-4-3-12(7-15(14)26)13-9-22-23-10-13/h3-4,7,9-10,16,21,26H,5-6,8,11H2,1-2H3,(H,22,23)/t16-,19+,20+/m0/s1. The van der Waals surface area contributed by atoms with Crippen LogP contribution in [0.15, 0.2) is 30.6 Å². The van der Waals surface area contributed by atoms with E-state index in [9.17, 15) is 5.11 Å². The Morgan fingerprint density at radius 3 is 2.82 bits per heavy atom. The first kappa shape index (κ1) is 17.6. The highest BCUT2D eigenvalue weighted by molar-refractivity contribution is 7.16. The molecule has 4 heterocycles. The van der Waals surface area contributed by atoms with Gasteiger partial charge in [0.2, 0.25) is 0 Å². The number of fused-ring (bicyclic) bond motifs is 3. The lowest BCUT2D eigenvalue weighted by molar-refractivity contribution is -0.0579. The molecule has 0 unspecified atom stereocenters. The maximum atomic E-state index is 10.5. The van der Waals surface area contributed by atoms with Crippen molar-refractivity contribution in [1.29, 1.82) is 0 Å². The Morgan fingerprint density at radius 2 is 2.11 bits per heavy atom. The van der Waals surface area contributed by atoms with E-state index in [1.54, 1.807) is 18.5 Å². The minimum atomic E-state index is 0.123. The number of aromatic hydroxyl groups is 1. The first-order valence-electron chi connectivity index (χ1n) is 9.52. The van der Waals surface area contributed by atoms with Crippen LogP contribution in [0.1, 0.15) is 33.1 Å². The van der Waals surface area contributed by atoms with Crippen molar-refractivity contribution in [1.82, 2.24) is 25.7 Å². The highest BCUT2D eigenvalue weighted by Gasteiger charge is 2.51. The Labute approximate surface area is 167 Å². The number of benzene rings is 1. The molecule has 3 N–H and O–H groups in total. The Balaban J connectivity index is 1.37. The third kappa shape index (κ3) is 2.97. The molecular weight excluding hydrogens is 374 g/mol. The number of phenolic OH excluding ortho intramolecular Hbond substituents is 1. The molecule has 2 saturated heterocycles. The fourth-order valence-electron chi connectivity index (χ4n) is 4.23. The van der Waals surface area contributed by atoms with E-state index in [-0.39, 0.29) is 22.8 Å². The molecule has 3 aliphatic rings. The van der Waals surface area contributed by atoms with Crippen LogP contribution in [0, 0.1) is 5.41 Å². The van der Waals surface area contributed by atoms with E-state index in [0.717, 1.165) is 30.5 Å². The molecule has 0 spiro atoms. The Morgan fingerprint density at radius 1 is 1.21 bits per heavy atom. The molecule has 1 saturated carbocycles. The van der Waals surface area contributed by atoms with Crippen LogP contribution in [0.25, 0.3) is 21.7 Å². The van der Waals surface area contributed by atoms with E-state index in [0.29, 0.717) is 15.8 Å². The Bertz CT molecular complexity index is 992. The summed E-state index contributed by atoms with van der Waals surface area (Å²) in [5.41, 5.74) is 2.74. The van der Waals surface area contributed by atoms with E-state index in [1.165, 1.54) is 17.8 Å². The highest BCUT2D eigenvalue weighted by atomic mass is 32.1. The lowest BCUT2D eigenvalue weighted by Gasteiger charge is -2.55. The van der Waals surface area contributed by atoms with Gasteiger partial charge >= 0.3 is 0 Å². The molecule has 7 nitrogen and oxygen atoms in total. The summed E-state index contributed by atoms with van der Waals surface area (Å²) in [6, 6.07) is 5.52. The van der Waals surface area contributed by atoms with Gasteiger partial charge in [-0.3, -0.25) is 5.10 Å². The largest absolute Gasteiger partial charge is 0.507 e. The lowest BCUT2D eigenvalue weighted by atomic mass is 9.63. The summed E-state index contributed by atoms with van der Waals surface area (Å²) in [5, 5.41) is 30.6. The summed E-state index contributed by atoms with van der Waals surface area (Å²) < 4.78 is 6.29. The minimum Gasteiger partial charge on any atom is -0.507 e. The van der Waals surface area contributed by atoms with Gasteiger partial charge in [0.05, 0.1) is 11.8 Å². The van der Waals surface area contributed by atoms with Crippen LogP contribution in [0.5, 0.6) is 10.9 Å². The molecule has 3 aromatic rings. The molecule has 2 aliphatic heterocycles. The number of ether oxygens (including phenoxy) is 1. The summed E-state index contributed by atoms with van der Waals surface area (Å²) in [4.78, 5) is 0. The number of hydrogen-bond acceptors (Lipinski definition) is 7. The normalized spacial score (nSPS) is 29.1. The number of aromatic amines is 1. The molecule has 6 rings (SSSR count). The summed E-state index contributed by atoms with van der Waals surface area (Å²) in [6.45, 7) is 5.52. The Hall–Kier alpha value is -2.45. The average Bonchev–Trinajstić information content (AvgIpc) is 3.35. The number of phenols is 1. The predicted molar refractivity (Wildman–Crippen MR) is 107 cm³/mol. The van der Waals surface area contributed by atoms with Crippen LogP contribution in [0.4, 0.5) is 0 Å². The van der Waals surface area contributed by atoms with Gasteiger partial charge in [0.15, 0.2) is 5.01 Å². The van der Waals surface area contributed by atoms with Crippen molar-refractivity contribution in [3.63, 3.8) is 0 Å². The second-order valence-corrected chi connectivity index (χ2v) is 9.41. The van der Waals surface area contributed by atoms with Gasteiger partial charge in [-0.2, -0.15) is 5.10 Å². The zero-order valence-electron chi connectivity index (χ0n) is 15.9. The average molecular weight is 398 g/mol. The molecule has 3 fully saturated rings. The monoisotopic (exact) mass is 397 g/mol. The summed E-state index contributed by atoms with van der Waals surface area (Å²) in [6.07, 6.45) is 6.96. The van der Waals surface area contributed by atoms with Crippen molar-refractivity contribution in [2.75, 3.05) is 6.54 Å². The smallest absolute Gasteiger partial charge is 0.294 e. The number of piperidine rings is 2. The summed E-state index contributed by atoms with van der Waals surface area (Å²) >= 11 is 1.38. The van der Waals surface area contributed by atoms with Crippen LogP contribution in [0.3, 0.4) is 0 Å². The quantitative estimate of drug-likeness (QED) is 0.622. The molecule has 28 heavy (non-hydrogen) atoms. The second-order valence-electron chi connectivity index (χ2n) is 8.47. The number of H-pyrrole nitrogens is 1. The molecule has 2 bridgehead atoms. The molecule has 146 valence electrons. The minimum absolute atomic E-state index is 0.123. The van der Waals surface area contributed by atoms with Crippen molar-refractivity contribution >= 4 is 11.3 Å². The van der Waals surface area contributed by atoms with Crippen molar-refractivity contribution in [3.8, 4) is 32.6 Å². The van der Waals surface area contributed by atoms with Crippen LogP contribution in [-0.2, 0) is 0 Å². The van der Waals surface area contributed by atoms with Crippen molar-refractivity contribution in [2.45, 2.75) is 44.8 Å². The zero-order valence-corrected chi connectivity index (χ0v) is 16.7. The maximum absolute atomic E-state index is 10.5. The van der Waals surface area contributed by atoms with Gasteiger partial charge in [-0.1, -0.05) is 29.4 Å². The van der Waals surface area contributed by atoms with Gasteiger partial charge in [-0.15, -0.1) is 5.10 Å². The summed E-state index contributed by atoms with van der Waals surface area (Å²) in [7, 11) is 0. The fraction of sp³-hybridized carbons (Fsp3) is 0.450. The lowest BCUT2D eigenvalue weighted by Crippen LogP contribution is -2.65. The number of nitrogens with zero attached hydrogens (tertiary/aromatic N) is 3. The zero-order chi connectivity index (χ0) is 19.4.